The number of hydrogen-bond acceptors (Lipinski definition) is 3. The van der Waals surface area contributed by atoms with Gasteiger partial charge in [-0.25, -0.2) is 0 Å². The Balaban J connectivity index is 3.80. The molecule has 0 aromatic carbocycles. The zero-order valence-corrected chi connectivity index (χ0v) is 11.2. The maximum atomic E-state index is 11.6. The fraction of sp³-hybridized carbons (Fsp3) is 0.833. The Morgan fingerprint density at radius 1 is 1.24 bits per heavy atom. The van der Waals surface area contributed by atoms with Crippen LogP contribution in [0.2, 0.25) is 0 Å². The van der Waals surface area contributed by atoms with Gasteiger partial charge in [-0.05, 0) is 39.9 Å². The van der Waals surface area contributed by atoms with E-state index in [1.165, 1.54) is 0 Å². The van der Waals surface area contributed by atoms with Crippen molar-refractivity contribution >= 4 is 11.9 Å². The van der Waals surface area contributed by atoms with Gasteiger partial charge in [0.25, 0.3) is 0 Å². The molecule has 2 N–H and O–H groups in total. The molecule has 0 aliphatic rings. The van der Waals surface area contributed by atoms with Crippen molar-refractivity contribution in [1.82, 2.24) is 10.2 Å². The predicted molar refractivity (Wildman–Crippen MR) is 66.8 cm³/mol. The van der Waals surface area contributed by atoms with E-state index >= 15 is 0 Å². The largest absolute Gasteiger partial charge is 0.481 e. The normalized spacial score (nSPS) is 14.4. The number of carbonyl (C=O) groups is 2. The molecule has 0 bridgehead atoms. The molecule has 2 unspecified atom stereocenters. The molecule has 5 nitrogen and oxygen atoms in total. The van der Waals surface area contributed by atoms with Crippen molar-refractivity contribution in [3.8, 4) is 0 Å². The molecule has 0 rings (SSSR count). The maximum Gasteiger partial charge on any atom is 0.303 e. The summed E-state index contributed by atoms with van der Waals surface area (Å²) in [6, 6.07) is 0.127. The highest BCUT2D eigenvalue weighted by Crippen LogP contribution is 2.07. The van der Waals surface area contributed by atoms with Crippen LogP contribution in [-0.2, 0) is 9.59 Å². The number of carbonyl (C=O) groups excluding carboxylic acids is 1. The van der Waals surface area contributed by atoms with Gasteiger partial charge in [0, 0.05) is 18.9 Å². The van der Waals surface area contributed by atoms with Gasteiger partial charge < -0.3 is 15.3 Å². The molecule has 0 aliphatic heterocycles. The number of hydrogen-bond donors (Lipinski definition) is 2. The number of rotatable bonds is 8. The Labute approximate surface area is 103 Å². The topological polar surface area (TPSA) is 69.6 Å². The van der Waals surface area contributed by atoms with Gasteiger partial charge in [0.15, 0.2) is 0 Å². The van der Waals surface area contributed by atoms with Gasteiger partial charge in [-0.1, -0.05) is 6.92 Å². The van der Waals surface area contributed by atoms with Gasteiger partial charge in [-0.3, -0.25) is 9.59 Å². The molecule has 100 valence electrons. The van der Waals surface area contributed by atoms with Crippen LogP contribution in [0.25, 0.3) is 0 Å². The van der Waals surface area contributed by atoms with E-state index in [1.54, 1.807) is 6.92 Å². The molecular formula is C12H24N2O3. The third kappa shape index (κ3) is 9.81. The smallest absolute Gasteiger partial charge is 0.303 e. The Hall–Kier alpha value is -1.10. The third-order valence-corrected chi connectivity index (χ3v) is 2.47. The van der Waals surface area contributed by atoms with E-state index in [1.807, 2.05) is 21.0 Å². The summed E-state index contributed by atoms with van der Waals surface area (Å²) in [5.41, 5.74) is 0. The molecule has 0 saturated heterocycles. The highest BCUT2D eigenvalue weighted by Gasteiger charge is 2.14. The van der Waals surface area contributed by atoms with E-state index in [4.69, 9.17) is 5.11 Å². The van der Waals surface area contributed by atoms with Crippen LogP contribution >= 0.6 is 0 Å². The molecule has 0 aliphatic carbocycles. The quantitative estimate of drug-likeness (QED) is 0.667. The third-order valence-electron chi connectivity index (χ3n) is 2.47. The van der Waals surface area contributed by atoms with Gasteiger partial charge in [-0.15, -0.1) is 0 Å². The van der Waals surface area contributed by atoms with Crippen molar-refractivity contribution in [3.05, 3.63) is 0 Å². The van der Waals surface area contributed by atoms with Crippen LogP contribution in [0.4, 0.5) is 0 Å². The number of nitrogens with zero attached hydrogens (tertiary/aromatic N) is 1. The van der Waals surface area contributed by atoms with Crippen LogP contribution in [0.5, 0.6) is 0 Å². The first kappa shape index (κ1) is 15.9. The highest BCUT2D eigenvalue weighted by molar-refractivity contribution is 5.77. The first-order chi connectivity index (χ1) is 7.81. The monoisotopic (exact) mass is 244 g/mol. The van der Waals surface area contributed by atoms with E-state index < -0.39 is 5.97 Å². The molecular weight excluding hydrogens is 220 g/mol. The fourth-order valence-electron chi connectivity index (χ4n) is 1.54. The summed E-state index contributed by atoms with van der Waals surface area (Å²) >= 11 is 0. The van der Waals surface area contributed by atoms with Crippen LogP contribution < -0.4 is 5.32 Å². The van der Waals surface area contributed by atoms with Crippen molar-refractivity contribution in [2.24, 2.45) is 5.92 Å². The van der Waals surface area contributed by atoms with Crippen molar-refractivity contribution < 1.29 is 14.7 Å². The minimum absolute atomic E-state index is 0.0412. The summed E-state index contributed by atoms with van der Waals surface area (Å²) in [6.45, 7) is 4.66. The van der Waals surface area contributed by atoms with Gasteiger partial charge in [0.2, 0.25) is 5.91 Å². The molecule has 0 aromatic heterocycles. The van der Waals surface area contributed by atoms with Crippen LogP contribution in [-0.4, -0.2) is 48.6 Å². The van der Waals surface area contributed by atoms with E-state index in [9.17, 15) is 9.59 Å². The molecule has 0 heterocycles. The number of amides is 1. The van der Waals surface area contributed by atoms with E-state index in [2.05, 4.69) is 10.2 Å². The average molecular weight is 244 g/mol. The summed E-state index contributed by atoms with van der Waals surface area (Å²) in [5, 5.41) is 11.5. The minimum atomic E-state index is -0.856. The molecule has 0 fully saturated rings. The molecule has 1 amide bonds. The Morgan fingerprint density at radius 3 is 2.29 bits per heavy atom. The molecule has 5 heteroatoms. The molecule has 0 radical (unpaired) electrons. The fourth-order valence-corrected chi connectivity index (χ4v) is 1.54. The van der Waals surface area contributed by atoms with Gasteiger partial charge in [0.1, 0.15) is 0 Å². The van der Waals surface area contributed by atoms with Crippen molar-refractivity contribution in [3.63, 3.8) is 0 Å². The Bertz CT molecular complexity index is 254. The number of carboxylic acid groups (broad SMARTS) is 1. The van der Waals surface area contributed by atoms with Gasteiger partial charge >= 0.3 is 5.97 Å². The first-order valence-electron chi connectivity index (χ1n) is 5.97. The number of carboxylic acids is 1. The summed E-state index contributed by atoms with van der Waals surface area (Å²) < 4.78 is 0. The standard InChI is InChI=1S/C12H24N2O3/c1-9(8-12(16)17)7-11(15)13-10(2)5-6-14(3)4/h9-10H,5-8H2,1-4H3,(H,13,15)(H,16,17). The SMILES string of the molecule is CC(CC(=O)O)CC(=O)NC(C)CCN(C)C. The van der Waals surface area contributed by atoms with Crippen molar-refractivity contribution in [1.29, 1.82) is 0 Å². The molecule has 17 heavy (non-hydrogen) atoms. The minimum Gasteiger partial charge on any atom is -0.481 e. The Kier molecular flexibility index (Phi) is 7.54. The van der Waals surface area contributed by atoms with Crippen LogP contribution in [0.15, 0.2) is 0 Å². The summed E-state index contributed by atoms with van der Waals surface area (Å²) in [6.07, 6.45) is 1.21. The van der Waals surface area contributed by atoms with Crippen LogP contribution in [0.1, 0.15) is 33.1 Å². The van der Waals surface area contributed by atoms with Crippen LogP contribution in [0.3, 0.4) is 0 Å². The summed E-state index contributed by atoms with van der Waals surface area (Å²) in [5.74, 6) is -1.04. The zero-order chi connectivity index (χ0) is 13.4. The molecule has 2 atom stereocenters. The molecule has 0 spiro atoms. The second-order valence-corrected chi connectivity index (χ2v) is 4.97. The van der Waals surface area contributed by atoms with Gasteiger partial charge in [0.05, 0.1) is 0 Å². The maximum absolute atomic E-state index is 11.6. The molecule has 0 aromatic rings. The Morgan fingerprint density at radius 2 is 1.82 bits per heavy atom. The number of nitrogens with one attached hydrogen (secondary N) is 1. The zero-order valence-electron chi connectivity index (χ0n) is 11.2. The van der Waals surface area contributed by atoms with E-state index in [0.29, 0.717) is 0 Å². The summed E-state index contributed by atoms with van der Waals surface area (Å²) in [7, 11) is 3.98. The first-order valence-corrected chi connectivity index (χ1v) is 5.97. The lowest BCUT2D eigenvalue weighted by Gasteiger charge is -2.17. The second-order valence-electron chi connectivity index (χ2n) is 4.97. The second kappa shape index (κ2) is 8.06. The lowest BCUT2D eigenvalue weighted by molar-refractivity contribution is -0.138. The lowest BCUT2D eigenvalue weighted by atomic mass is 10.0. The van der Waals surface area contributed by atoms with E-state index in [-0.39, 0.29) is 30.7 Å². The van der Waals surface area contributed by atoms with E-state index in [0.717, 1.165) is 13.0 Å². The summed E-state index contributed by atoms with van der Waals surface area (Å²) in [4.78, 5) is 24.1. The number of aliphatic carboxylic acids is 1. The van der Waals surface area contributed by atoms with Crippen molar-refractivity contribution in [2.75, 3.05) is 20.6 Å². The average Bonchev–Trinajstić information content (AvgIpc) is 2.12. The van der Waals surface area contributed by atoms with Crippen molar-refractivity contribution in [2.45, 2.75) is 39.2 Å². The van der Waals surface area contributed by atoms with Crippen LogP contribution in [0, 0.1) is 5.92 Å². The lowest BCUT2D eigenvalue weighted by Crippen LogP contribution is -2.35. The predicted octanol–water partition coefficient (Wildman–Crippen LogP) is 0.944. The molecule has 0 saturated carbocycles. The highest BCUT2D eigenvalue weighted by atomic mass is 16.4. The van der Waals surface area contributed by atoms with Gasteiger partial charge in [-0.2, -0.15) is 0 Å².